The summed E-state index contributed by atoms with van der Waals surface area (Å²) in [5.41, 5.74) is 11.6. The first-order valence-electron chi connectivity index (χ1n) is 8.98. The van der Waals surface area contributed by atoms with Crippen molar-refractivity contribution in [3.05, 3.63) is 36.4 Å². The smallest absolute Gasteiger partial charge is 0.268 e. The highest BCUT2D eigenvalue weighted by atomic mass is 19.1. The number of nitrogens with two attached hydrogens (primary N) is 2. The van der Waals surface area contributed by atoms with Crippen molar-refractivity contribution in [3.8, 4) is 11.3 Å². The van der Waals surface area contributed by atoms with Crippen molar-refractivity contribution < 1.29 is 9.18 Å². The van der Waals surface area contributed by atoms with Gasteiger partial charge in [-0.05, 0) is 38.1 Å². The Kier molecular flexibility index (Phi) is 4.55. The summed E-state index contributed by atoms with van der Waals surface area (Å²) in [6.45, 7) is 1.36. The summed E-state index contributed by atoms with van der Waals surface area (Å²) >= 11 is 0. The first kappa shape index (κ1) is 18.1. The molecule has 1 saturated heterocycles. The van der Waals surface area contributed by atoms with Gasteiger partial charge in [-0.3, -0.25) is 4.79 Å². The molecule has 28 heavy (non-hydrogen) atoms. The Hall–Kier alpha value is -3.27. The molecule has 0 saturated carbocycles. The Morgan fingerprint density at radius 3 is 2.82 bits per heavy atom. The van der Waals surface area contributed by atoms with Crippen molar-refractivity contribution in [2.24, 2.45) is 5.73 Å². The van der Waals surface area contributed by atoms with Gasteiger partial charge in [-0.2, -0.15) is 0 Å². The third kappa shape index (κ3) is 3.58. The fourth-order valence-electron chi connectivity index (χ4n) is 3.28. The molecule has 3 aromatic rings. The lowest BCUT2D eigenvalue weighted by Gasteiger charge is -2.30. The van der Waals surface area contributed by atoms with E-state index in [0.717, 1.165) is 5.56 Å². The Morgan fingerprint density at radius 2 is 2.11 bits per heavy atom. The number of amides is 1. The van der Waals surface area contributed by atoms with E-state index in [4.69, 9.17) is 11.5 Å². The zero-order valence-electron chi connectivity index (χ0n) is 15.2. The molecular formula is C18H21FN8O. The van der Waals surface area contributed by atoms with E-state index in [2.05, 4.69) is 25.6 Å². The van der Waals surface area contributed by atoms with Gasteiger partial charge in [0.1, 0.15) is 17.2 Å². The number of imidazole rings is 1. The van der Waals surface area contributed by atoms with Gasteiger partial charge in [0.05, 0.1) is 12.2 Å². The molecule has 0 aromatic carbocycles. The molecule has 0 aliphatic carbocycles. The number of nitrogen functional groups attached to an aromatic ring is 1. The maximum Gasteiger partial charge on any atom is 0.268 e. The molecular weight excluding hydrogens is 363 g/mol. The molecule has 9 nitrogen and oxygen atoms in total. The lowest BCUT2D eigenvalue weighted by Crippen LogP contribution is -2.43. The van der Waals surface area contributed by atoms with Crippen molar-refractivity contribution >= 4 is 23.2 Å². The van der Waals surface area contributed by atoms with E-state index < -0.39 is 11.6 Å². The van der Waals surface area contributed by atoms with Gasteiger partial charge >= 0.3 is 0 Å². The zero-order chi connectivity index (χ0) is 19.7. The number of carbonyl (C=O) groups is 1. The summed E-state index contributed by atoms with van der Waals surface area (Å²) in [5.74, 6) is 0.0791. The maximum absolute atomic E-state index is 15.0. The maximum atomic E-state index is 15.0. The lowest BCUT2D eigenvalue weighted by atomic mass is 9.94. The number of hydrogen-bond acceptors (Lipinski definition) is 7. The molecule has 0 radical (unpaired) electrons. The second kappa shape index (κ2) is 7.04. The van der Waals surface area contributed by atoms with E-state index in [-0.39, 0.29) is 12.2 Å². The van der Waals surface area contributed by atoms with Crippen LogP contribution in [0.5, 0.6) is 0 Å². The molecule has 1 aliphatic heterocycles. The number of hydrogen-bond donors (Lipinski definition) is 4. The van der Waals surface area contributed by atoms with E-state index in [9.17, 15) is 4.79 Å². The number of rotatable bonds is 5. The number of pyridine rings is 1. The van der Waals surface area contributed by atoms with Crippen molar-refractivity contribution in [1.82, 2.24) is 24.7 Å². The molecule has 6 N–H and O–H groups in total. The minimum atomic E-state index is -1.33. The highest BCUT2D eigenvalue weighted by molar-refractivity contribution is 5.92. The number of nitrogens with one attached hydrogen (secondary N) is 2. The van der Waals surface area contributed by atoms with Crippen LogP contribution in [0.15, 0.2) is 30.7 Å². The van der Waals surface area contributed by atoms with Gasteiger partial charge in [-0.25, -0.2) is 19.3 Å². The zero-order valence-corrected chi connectivity index (χ0v) is 15.2. The molecule has 146 valence electrons. The number of nitrogens with zero attached hydrogens (tertiary/aromatic N) is 4. The molecule has 1 aliphatic rings. The number of halogens is 1. The fraction of sp³-hybridized carbons (Fsp3) is 0.333. The first-order valence-corrected chi connectivity index (χ1v) is 8.98. The molecule has 1 amide bonds. The molecule has 10 heteroatoms. The number of carbonyl (C=O) groups excluding carboxylic acids is 1. The third-order valence-corrected chi connectivity index (χ3v) is 4.84. The number of alkyl halides is 1. The molecule has 4 heterocycles. The first-order chi connectivity index (χ1) is 13.4. The molecule has 0 bridgehead atoms. The van der Waals surface area contributed by atoms with Crippen LogP contribution in [-0.4, -0.2) is 50.6 Å². The average Bonchev–Trinajstić information content (AvgIpc) is 3.11. The van der Waals surface area contributed by atoms with Crippen LogP contribution in [-0.2, 0) is 0 Å². The number of fused-ring (bicyclic) bond motifs is 1. The van der Waals surface area contributed by atoms with Crippen LogP contribution >= 0.6 is 0 Å². The number of primary amides is 1. The second-order valence-corrected chi connectivity index (χ2v) is 6.92. The average molecular weight is 384 g/mol. The Balaban J connectivity index is 1.74. The van der Waals surface area contributed by atoms with Crippen molar-refractivity contribution in [3.63, 3.8) is 0 Å². The third-order valence-electron chi connectivity index (χ3n) is 4.84. The molecule has 4 rings (SSSR count). The van der Waals surface area contributed by atoms with Crippen LogP contribution in [0.3, 0.4) is 0 Å². The second-order valence-electron chi connectivity index (χ2n) is 6.92. The highest BCUT2D eigenvalue weighted by Crippen LogP contribution is 2.27. The summed E-state index contributed by atoms with van der Waals surface area (Å²) in [6.07, 6.45) is 5.65. The Labute approximate surface area is 160 Å². The van der Waals surface area contributed by atoms with Crippen LogP contribution < -0.4 is 22.1 Å². The standard InChI is InChI=1S/C18H21FN8O/c19-18(2-5-22-6-3-18)10-24-16-17-26-13(15(21)28)9-27(17)8-12(25-16)11-1-4-23-14(20)7-11/h1,4,7-9,22H,2-3,5-6,10H2,(H2,20,23)(H2,21,28)(H,24,25). The predicted octanol–water partition coefficient (Wildman–Crippen LogP) is 0.976. The van der Waals surface area contributed by atoms with Gasteiger partial charge in [0.25, 0.3) is 5.91 Å². The van der Waals surface area contributed by atoms with Crippen LogP contribution in [0.1, 0.15) is 23.3 Å². The summed E-state index contributed by atoms with van der Waals surface area (Å²) in [4.78, 5) is 24.4. The number of piperidine rings is 1. The summed E-state index contributed by atoms with van der Waals surface area (Å²) in [7, 11) is 0. The van der Waals surface area contributed by atoms with Gasteiger partial charge < -0.3 is 26.5 Å². The van der Waals surface area contributed by atoms with Gasteiger partial charge in [0.2, 0.25) is 0 Å². The monoisotopic (exact) mass is 384 g/mol. The fourth-order valence-corrected chi connectivity index (χ4v) is 3.28. The topological polar surface area (TPSA) is 136 Å². The van der Waals surface area contributed by atoms with Crippen molar-refractivity contribution in [2.75, 3.05) is 30.7 Å². The quantitative estimate of drug-likeness (QED) is 0.515. The molecule has 0 atom stereocenters. The lowest BCUT2D eigenvalue weighted by molar-refractivity contribution is 0.0996. The summed E-state index contributed by atoms with van der Waals surface area (Å²) in [5, 5.41) is 6.23. The molecule has 3 aromatic heterocycles. The predicted molar refractivity (Wildman–Crippen MR) is 104 cm³/mol. The number of aromatic nitrogens is 4. The van der Waals surface area contributed by atoms with Gasteiger partial charge in [0, 0.05) is 24.2 Å². The SMILES string of the molecule is NC(=O)c1cn2cc(-c3ccnc(N)c3)nc(NCC3(F)CCNCC3)c2n1. The van der Waals surface area contributed by atoms with Gasteiger partial charge in [0.15, 0.2) is 11.5 Å². The van der Waals surface area contributed by atoms with E-state index in [0.29, 0.717) is 48.9 Å². The molecule has 0 spiro atoms. The minimum absolute atomic E-state index is 0.0953. The van der Waals surface area contributed by atoms with E-state index in [1.807, 2.05) is 0 Å². The van der Waals surface area contributed by atoms with Crippen molar-refractivity contribution in [2.45, 2.75) is 18.5 Å². The van der Waals surface area contributed by atoms with Crippen molar-refractivity contribution in [1.29, 1.82) is 0 Å². The Bertz CT molecular complexity index is 1030. The van der Waals surface area contributed by atoms with Crippen LogP contribution in [0.4, 0.5) is 16.0 Å². The summed E-state index contributed by atoms with van der Waals surface area (Å²) < 4.78 is 16.7. The van der Waals surface area contributed by atoms with E-state index in [1.54, 1.807) is 28.9 Å². The van der Waals surface area contributed by atoms with Gasteiger partial charge in [-0.15, -0.1) is 0 Å². The Morgan fingerprint density at radius 1 is 1.32 bits per heavy atom. The van der Waals surface area contributed by atoms with Crippen LogP contribution in [0, 0.1) is 0 Å². The largest absolute Gasteiger partial charge is 0.384 e. The number of anilines is 2. The highest BCUT2D eigenvalue weighted by Gasteiger charge is 2.31. The van der Waals surface area contributed by atoms with Gasteiger partial charge in [-0.1, -0.05) is 0 Å². The van der Waals surface area contributed by atoms with Crippen LogP contribution in [0.25, 0.3) is 16.9 Å². The van der Waals surface area contributed by atoms with E-state index in [1.165, 1.54) is 6.20 Å². The molecule has 0 unspecified atom stereocenters. The summed E-state index contributed by atoms with van der Waals surface area (Å²) in [6, 6.07) is 3.46. The van der Waals surface area contributed by atoms with Crippen LogP contribution in [0.2, 0.25) is 0 Å². The molecule has 1 fully saturated rings. The normalized spacial score (nSPS) is 16.2. The van der Waals surface area contributed by atoms with E-state index >= 15 is 4.39 Å². The minimum Gasteiger partial charge on any atom is -0.384 e.